The van der Waals surface area contributed by atoms with Crippen LogP contribution in [-0.4, -0.2) is 50.6 Å². The summed E-state index contributed by atoms with van der Waals surface area (Å²) in [4.78, 5) is 38.4. The monoisotopic (exact) mass is 453 g/mol. The Morgan fingerprint density at radius 1 is 0.970 bits per heavy atom. The van der Waals surface area contributed by atoms with Gasteiger partial charge in [0.05, 0.1) is 6.61 Å². The third-order valence-corrected chi connectivity index (χ3v) is 5.26. The minimum Gasteiger partial charge on any atom is -0.494 e. The first kappa shape index (κ1) is 24.1. The molecule has 1 heterocycles. The molecule has 0 aliphatic carbocycles. The van der Waals surface area contributed by atoms with Crippen LogP contribution in [0, 0.1) is 0 Å². The van der Waals surface area contributed by atoms with Crippen LogP contribution >= 0.6 is 0 Å². The highest BCUT2D eigenvalue weighted by atomic mass is 16.5. The highest BCUT2D eigenvalue weighted by Gasteiger charge is 2.13. The van der Waals surface area contributed by atoms with E-state index in [1.807, 2.05) is 24.3 Å². The van der Waals surface area contributed by atoms with E-state index in [0.717, 1.165) is 31.6 Å². The van der Waals surface area contributed by atoms with Crippen LogP contribution in [0.15, 0.2) is 48.5 Å². The maximum absolute atomic E-state index is 12.2. The Morgan fingerprint density at radius 2 is 1.67 bits per heavy atom. The second-order valence-electron chi connectivity index (χ2n) is 7.86. The molecule has 8 heteroatoms. The van der Waals surface area contributed by atoms with E-state index in [1.165, 1.54) is 12.8 Å². The fraction of sp³-hybridized carbons (Fsp3) is 0.400. The topological polar surface area (TPSA) is 97.0 Å². The summed E-state index contributed by atoms with van der Waals surface area (Å²) in [6.07, 6.45) is 4.41. The van der Waals surface area contributed by atoms with Crippen molar-refractivity contribution in [3.05, 3.63) is 54.1 Å². The maximum Gasteiger partial charge on any atom is 0.325 e. The smallest absolute Gasteiger partial charge is 0.325 e. The van der Waals surface area contributed by atoms with Gasteiger partial charge in [0, 0.05) is 30.0 Å². The van der Waals surface area contributed by atoms with Gasteiger partial charge < -0.3 is 25.0 Å². The Balaban J connectivity index is 1.34. The van der Waals surface area contributed by atoms with Crippen molar-refractivity contribution in [2.75, 3.05) is 43.1 Å². The Hall–Kier alpha value is -3.55. The molecule has 2 N–H and O–H groups in total. The number of nitrogens with one attached hydrogen (secondary N) is 2. The van der Waals surface area contributed by atoms with Gasteiger partial charge in [-0.1, -0.05) is 13.3 Å². The van der Waals surface area contributed by atoms with Gasteiger partial charge in [-0.15, -0.1) is 0 Å². The van der Waals surface area contributed by atoms with Crippen LogP contribution in [0.2, 0.25) is 0 Å². The number of benzene rings is 2. The van der Waals surface area contributed by atoms with E-state index in [4.69, 9.17) is 9.47 Å². The van der Waals surface area contributed by atoms with Crippen molar-refractivity contribution in [1.82, 2.24) is 5.32 Å². The number of esters is 1. The number of carbonyl (C=O) groups excluding carboxylic acids is 3. The molecule has 1 fully saturated rings. The lowest BCUT2D eigenvalue weighted by Crippen LogP contribution is -2.32. The molecule has 33 heavy (non-hydrogen) atoms. The third kappa shape index (κ3) is 7.82. The number of ether oxygens (including phenoxy) is 2. The van der Waals surface area contributed by atoms with Crippen LogP contribution in [0.4, 0.5) is 11.4 Å². The van der Waals surface area contributed by atoms with Crippen molar-refractivity contribution in [3.8, 4) is 5.75 Å². The molecule has 176 valence electrons. The number of unbranched alkanes of at least 4 members (excludes halogenated alkanes) is 1. The minimum atomic E-state index is -0.692. The van der Waals surface area contributed by atoms with Crippen LogP contribution < -0.4 is 20.3 Å². The van der Waals surface area contributed by atoms with Gasteiger partial charge in [0.15, 0.2) is 6.61 Å². The van der Waals surface area contributed by atoms with Gasteiger partial charge in [-0.05, 0) is 67.8 Å². The summed E-state index contributed by atoms with van der Waals surface area (Å²) in [7, 11) is 0. The summed E-state index contributed by atoms with van der Waals surface area (Å²) in [6, 6.07) is 14.3. The lowest BCUT2D eigenvalue weighted by atomic mass is 10.2. The summed E-state index contributed by atoms with van der Waals surface area (Å²) in [5.74, 6) is -0.852. The lowest BCUT2D eigenvalue weighted by molar-refractivity contribution is -0.146. The molecule has 0 bridgehead atoms. The Kier molecular flexibility index (Phi) is 9.11. The van der Waals surface area contributed by atoms with Gasteiger partial charge in [0.2, 0.25) is 0 Å². The molecule has 0 saturated carbocycles. The largest absolute Gasteiger partial charge is 0.494 e. The summed E-state index contributed by atoms with van der Waals surface area (Å²) in [6.45, 7) is 4.07. The standard InChI is InChI=1S/C25H31N3O5/c1-2-3-16-32-22-12-6-19(7-13-22)25(31)26-17-24(30)33-18-23(29)27-20-8-10-21(11-9-20)28-14-4-5-15-28/h6-13H,2-5,14-18H2,1H3,(H,26,31)(H,27,29). The van der Waals surface area contributed by atoms with E-state index >= 15 is 0 Å². The number of rotatable bonds is 11. The second-order valence-corrected chi connectivity index (χ2v) is 7.86. The van der Waals surface area contributed by atoms with E-state index in [-0.39, 0.29) is 6.54 Å². The highest BCUT2D eigenvalue weighted by molar-refractivity contribution is 5.96. The highest BCUT2D eigenvalue weighted by Crippen LogP contribution is 2.22. The van der Waals surface area contributed by atoms with Gasteiger partial charge in [-0.3, -0.25) is 14.4 Å². The molecule has 0 unspecified atom stereocenters. The first-order valence-electron chi connectivity index (χ1n) is 11.4. The van der Waals surface area contributed by atoms with Gasteiger partial charge in [-0.2, -0.15) is 0 Å². The van der Waals surface area contributed by atoms with Crippen LogP contribution in [0.25, 0.3) is 0 Å². The zero-order chi connectivity index (χ0) is 23.5. The molecule has 3 rings (SSSR count). The van der Waals surface area contributed by atoms with E-state index in [0.29, 0.717) is 23.6 Å². The molecule has 1 saturated heterocycles. The normalized spacial score (nSPS) is 12.8. The number of nitrogens with zero attached hydrogens (tertiary/aromatic N) is 1. The predicted molar refractivity (Wildman–Crippen MR) is 127 cm³/mol. The quantitative estimate of drug-likeness (QED) is 0.400. The predicted octanol–water partition coefficient (Wildman–Crippen LogP) is 3.38. The Morgan fingerprint density at radius 3 is 2.33 bits per heavy atom. The molecule has 2 aromatic carbocycles. The first-order valence-corrected chi connectivity index (χ1v) is 11.4. The number of hydrogen-bond donors (Lipinski definition) is 2. The lowest BCUT2D eigenvalue weighted by Gasteiger charge is -2.17. The van der Waals surface area contributed by atoms with Gasteiger partial charge >= 0.3 is 5.97 Å². The molecule has 0 atom stereocenters. The molecule has 1 aliphatic rings. The molecule has 2 aromatic rings. The Bertz CT molecular complexity index is 922. The Labute approximate surface area is 194 Å². The molecule has 0 spiro atoms. The number of amides is 2. The van der Waals surface area contributed by atoms with E-state index < -0.39 is 24.4 Å². The van der Waals surface area contributed by atoms with Crippen molar-refractivity contribution >= 4 is 29.2 Å². The van der Waals surface area contributed by atoms with Crippen molar-refractivity contribution in [3.63, 3.8) is 0 Å². The zero-order valence-electron chi connectivity index (χ0n) is 19.0. The van der Waals surface area contributed by atoms with Gasteiger partial charge in [-0.25, -0.2) is 0 Å². The summed E-state index contributed by atoms with van der Waals surface area (Å²) < 4.78 is 10.5. The molecular weight excluding hydrogens is 422 g/mol. The van der Waals surface area contributed by atoms with Crippen molar-refractivity contribution < 1.29 is 23.9 Å². The first-order chi connectivity index (χ1) is 16.0. The van der Waals surface area contributed by atoms with Crippen LogP contribution in [-0.2, 0) is 14.3 Å². The molecule has 0 radical (unpaired) electrons. The summed E-state index contributed by atoms with van der Waals surface area (Å²) in [5, 5.41) is 5.18. The SMILES string of the molecule is CCCCOc1ccc(C(=O)NCC(=O)OCC(=O)Nc2ccc(N3CCCC3)cc2)cc1. The van der Waals surface area contributed by atoms with E-state index in [9.17, 15) is 14.4 Å². The minimum absolute atomic E-state index is 0.328. The fourth-order valence-electron chi connectivity index (χ4n) is 3.42. The molecule has 0 aromatic heterocycles. The van der Waals surface area contributed by atoms with E-state index in [2.05, 4.69) is 22.5 Å². The van der Waals surface area contributed by atoms with Crippen molar-refractivity contribution in [1.29, 1.82) is 0 Å². The number of carbonyl (C=O) groups is 3. The average Bonchev–Trinajstić information content (AvgIpc) is 3.37. The second kappa shape index (κ2) is 12.5. The van der Waals surface area contributed by atoms with E-state index in [1.54, 1.807) is 24.3 Å². The van der Waals surface area contributed by atoms with Crippen LogP contribution in [0.1, 0.15) is 43.0 Å². The number of hydrogen-bond acceptors (Lipinski definition) is 6. The number of anilines is 2. The molecular formula is C25H31N3O5. The summed E-state index contributed by atoms with van der Waals surface area (Å²) in [5.41, 5.74) is 2.17. The summed E-state index contributed by atoms with van der Waals surface area (Å²) >= 11 is 0. The van der Waals surface area contributed by atoms with Crippen molar-refractivity contribution in [2.45, 2.75) is 32.6 Å². The maximum atomic E-state index is 12.2. The molecule has 2 amide bonds. The third-order valence-electron chi connectivity index (χ3n) is 5.26. The van der Waals surface area contributed by atoms with Gasteiger partial charge in [0.25, 0.3) is 11.8 Å². The van der Waals surface area contributed by atoms with Crippen LogP contribution in [0.3, 0.4) is 0 Å². The zero-order valence-corrected chi connectivity index (χ0v) is 19.0. The molecule has 1 aliphatic heterocycles. The van der Waals surface area contributed by atoms with Crippen LogP contribution in [0.5, 0.6) is 5.75 Å². The van der Waals surface area contributed by atoms with Gasteiger partial charge in [0.1, 0.15) is 12.3 Å². The average molecular weight is 454 g/mol. The molecule has 8 nitrogen and oxygen atoms in total. The fourth-order valence-corrected chi connectivity index (χ4v) is 3.42. The van der Waals surface area contributed by atoms with Crippen molar-refractivity contribution in [2.24, 2.45) is 0 Å².